The lowest BCUT2D eigenvalue weighted by Gasteiger charge is -2.13. The van der Waals surface area contributed by atoms with Gasteiger partial charge in [0.25, 0.3) is 0 Å². The summed E-state index contributed by atoms with van der Waals surface area (Å²) >= 11 is 7.05. The van der Waals surface area contributed by atoms with Crippen molar-refractivity contribution in [1.82, 2.24) is 0 Å². The highest BCUT2D eigenvalue weighted by Gasteiger charge is 2.29. The van der Waals surface area contributed by atoms with Crippen LogP contribution in [-0.2, 0) is 12.6 Å². The van der Waals surface area contributed by atoms with Crippen LogP contribution in [0.1, 0.15) is 27.1 Å². The maximum Gasteiger partial charge on any atom is 0.416 e. The fourth-order valence-electron chi connectivity index (χ4n) is 2.02. The van der Waals surface area contributed by atoms with Crippen LogP contribution in [0.15, 0.2) is 46.9 Å². The van der Waals surface area contributed by atoms with Crippen molar-refractivity contribution >= 4 is 31.9 Å². The molecule has 0 aliphatic rings. The van der Waals surface area contributed by atoms with E-state index in [1.165, 1.54) is 12.1 Å². The Labute approximate surface area is 138 Å². The van der Waals surface area contributed by atoms with Crippen molar-refractivity contribution in [3.05, 3.63) is 69.2 Å². The molecular formula is C16H13Br2F3. The Morgan fingerprint density at radius 1 is 1.05 bits per heavy atom. The molecule has 112 valence electrons. The molecule has 1 atom stereocenters. The van der Waals surface area contributed by atoms with Crippen molar-refractivity contribution in [3.8, 4) is 0 Å². The zero-order valence-corrected chi connectivity index (χ0v) is 14.4. The van der Waals surface area contributed by atoms with Gasteiger partial charge >= 0.3 is 6.18 Å². The largest absolute Gasteiger partial charge is 0.416 e. The number of hydrogen-bond acceptors (Lipinski definition) is 0. The van der Waals surface area contributed by atoms with Crippen LogP contribution in [0.4, 0.5) is 13.2 Å². The molecule has 2 rings (SSSR count). The van der Waals surface area contributed by atoms with E-state index >= 15 is 0 Å². The van der Waals surface area contributed by atoms with E-state index in [1.807, 2.05) is 19.1 Å². The second kappa shape index (κ2) is 6.53. The maximum atomic E-state index is 12.5. The third-order valence-corrected chi connectivity index (χ3v) is 4.98. The summed E-state index contributed by atoms with van der Waals surface area (Å²) in [6, 6.07) is 11.4. The molecule has 2 aromatic rings. The quantitative estimate of drug-likeness (QED) is 0.499. The number of alkyl halides is 4. The molecule has 0 amide bonds. The Morgan fingerprint density at radius 2 is 1.67 bits per heavy atom. The van der Waals surface area contributed by atoms with Gasteiger partial charge in [-0.2, -0.15) is 13.2 Å². The number of halogens is 5. The minimum absolute atomic E-state index is 0.0704. The molecule has 0 aliphatic carbocycles. The molecule has 21 heavy (non-hydrogen) atoms. The molecule has 0 saturated carbocycles. The average molecular weight is 422 g/mol. The smallest absolute Gasteiger partial charge is 0.166 e. The zero-order chi connectivity index (χ0) is 15.6. The first-order valence-corrected chi connectivity index (χ1v) is 8.04. The van der Waals surface area contributed by atoms with Crippen LogP contribution in [0.5, 0.6) is 0 Å². The summed E-state index contributed by atoms with van der Waals surface area (Å²) in [6.45, 7) is 2.01. The van der Waals surface area contributed by atoms with Crippen molar-refractivity contribution in [3.63, 3.8) is 0 Å². The first-order chi connectivity index (χ1) is 9.77. The van der Waals surface area contributed by atoms with E-state index in [4.69, 9.17) is 0 Å². The Kier molecular flexibility index (Phi) is 5.15. The minimum Gasteiger partial charge on any atom is -0.166 e. The third kappa shape index (κ3) is 4.33. The van der Waals surface area contributed by atoms with Gasteiger partial charge in [-0.05, 0) is 48.2 Å². The summed E-state index contributed by atoms with van der Waals surface area (Å²) in [5.41, 5.74) is 2.49. The Morgan fingerprint density at radius 3 is 2.19 bits per heavy atom. The van der Waals surface area contributed by atoms with E-state index < -0.39 is 11.7 Å². The summed E-state index contributed by atoms with van der Waals surface area (Å²) < 4.78 is 38.6. The van der Waals surface area contributed by atoms with Crippen molar-refractivity contribution in [2.45, 2.75) is 24.3 Å². The molecule has 0 N–H and O–H groups in total. The highest BCUT2D eigenvalue weighted by Crippen LogP contribution is 2.32. The van der Waals surface area contributed by atoms with Gasteiger partial charge in [-0.1, -0.05) is 56.1 Å². The molecule has 0 spiro atoms. The lowest BCUT2D eigenvalue weighted by Crippen LogP contribution is -2.05. The van der Waals surface area contributed by atoms with Gasteiger partial charge in [0.2, 0.25) is 0 Å². The normalized spacial score (nSPS) is 13.2. The van der Waals surface area contributed by atoms with Gasteiger partial charge in [0.05, 0.1) is 5.56 Å². The van der Waals surface area contributed by atoms with Gasteiger partial charge in [-0.3, -0.25) is 0 Å². The highest BCUT2D eigenvalue weighted by molar-refractivity contribution is 9.10. The van der Waals surface area contributed by atoms with Crippen LogP contribution in [0.3, 0.4) is 0 Å². The van der Waals surface area contributed by atoms with E-state index in [0.717, 1.165) is 33.3 Å². The Bertz CT molecular complexity index is 618. The van der Waals surface area contributed by atoms with Crippen LogP contribution in [0.2, 0.25) is 0 Å². The molecule has 0 fully saturated rings. The van der Waals surface area contributed by atoms with Gasteiger partial charge in [-0.15, -0.1) is 0 Å². The lowest BCUT2D eigenvalue weighted by molar-refractivity contribution is -0.137. The fourth-order valence-corrected chi connectivity index (χ4v) is 2.92. The summed E-state index contributed by atoms with van der Waals surface area (Å²) in [5, 5.41) is 0. The van der Waals surface area contributed by atoms with E-state index in [2.05, 4.69) is 37.9 Å². The van der Waals surface area contributed by atoms with Gasteiger partial charge in [0.15, 0.2) is 0 Å². The number of benzene rings is 2. The zero-order valence-electron chi connectivity index (χ0n) is 11.2. The standard InChI is InChI=1S/C16H13Br2F3/c1-10-8-12(4-7-14(10)17)15(18)9-11-2-5-13(6-3-11)16(19,20)21/h2-8,15H,9H2,1H3. The first-order valence-electron chi connectivity index (χ1n) is 6.33. The second-order valence-corrected chi connectivity index (χ2v) is 6.83. The molecule has 0 bridgehead atoms. The average Bonchev–Trinajstić information content (AvgIpc) is 2.41. The van der Waals surface area contributed by atoms with Crippen LogP contribution in [0, 0.1) is 6.92 Å². The van der Waals surface area contributed by atoms with E-state index in [0.29, 0.717) is 6.42 Å². The van der Waals surface area contributed by atoms with E-state index in [-0.39, 0.29) is 4.83 Å². The minimum atomic E-state index is -4.28. The lowest BCUT2D eigenvalue weighted by atomic mass is 10.0. The predicted molar refractivity (Wildman–Crippen MR) is 85.7 cm³/mol. The highest BCUT2D eigenvalue weighted by atomic mass is 79.9. The van der Waals surface area contributed by atoms with Crippen molar-refractivity contribution in [2.24, 2.45) is 0 Å². The molecule has 0 radical (unpaired) electrons. The summed E-state index contributed by atoms with van der Waals surface area (Å²) in [7, 11) is 0. The topological polar surface area (TPSA) is 0 Å². The van der Waals surface area contributed by atoms with Crippen LogP contribution in [0.25, 0.3) is 0 Å². The molecule has 0 aromatic heterocycles. The summed E-state index contributed by atoms with van der Waals surface area (Å²) in [4.78, 5) is 0.0704. The molecule has 1 unspecified atom stereocenters. The number of aryl methyl sites for hydroxylation is 1. The van der Waals surface area contributed by atoms with Gasteiger partial charge < -0.3 is 0 Å². The van der Waals surface area contributed by atoms with E-state index in [1.54, 1.807) is 0 Å². The van der Waals surface area contributed by atoms with Gasteiger partial charge in [0, 0.05) is 9.30 Å². The number of rotatable bonds is 3. The van der Waals surface area contributed by atoms with Crippen molar-refractivity contribution < 1.29 is 13.2 Å². The van der Waals surface area contributed by atoms with Crippen LogP contribution >= 0.6 is 31.9 Å². The molecule has 2 aromatic carbocycles. The maximum absolute atomic E-state index is 12.5. The Hall–Kier alpha value is -0.810. The molecular weight excluding hydrogens is 409 g/mol. The fraction of sp³-hybridized carbons (Fsp3) is 0.250. The van der Waals surface area contributed by atoms with Gasteiger partial charge in [0.1, 0.15) is 0 Å². The third-order valence-electron chi connectivity index (χ3n) is 3.24. The Balaban J connectivity index is 2.12. The molecule has 0 aliphatic heterocycles. The molecule has 5 heteroatoms. The SMILES string of the molecule is Cc1cc(C(Br)Cc2ccc(C(F)(F)F)cc2)ccc1Br. The van der Waals surface area contributed by atoms with Crippen LogP contribution < -0.4 is 0 Å². The monoisotopic (exact) mass is 420 g/mol. The van der Waals surface area contributed by atoms with Crippen LogP contribution in [-0.4, -0.2) is 0 Å². The molecule has 0 saturated heterocycles. The van der Waals surface area contributed by atoms with E-state index in [9.17, 15) is 13.2 Å². The number of hydrogen-bond donors (Lipinski definition) is 0. The second-order valence-electron chi connectivity index (χ2n) is 4.87. The summed E-state index contributed by atoms with van der Waals surface area (Å²) in [6.07, 6.45) is -3.64. The first kappa shape index (κ1) is 16.6. The predicted octanol–water partition coefficient (Wildman–Crippen LogP) is 6.46. The van der Waals surface area contributed by atoms with Crippen molar-refractivity contribution in [1.29, 1.82) is 0 Å². The van der Waals surface area contributed by atoms with Crippen molar-refractivity contribution in [2.75, 3.05) is 0 Å². The molecule has 0 heterocycles. The summed E-state index contributed by atoms with van der Waals surface area (Å²) in [5.74, 6) is 0. The van der Waals surface area contributed by atoms with Gasteiger partial charge in [-0.25, -0.2) is 0 Å². The molecule has 0 nitrogen and oxygen atoms in total.